The predicted octanol–water partition coefficient (Wildman–Crippen LogP) is 2.01. The molecule has 0 aliphatic carbocycles. The second-order valence-corrected chi connectivity index (χ2v) is 4.20. The molecule has 0 spiro atoms. The number of benzene rings is 1. The topological polar surface area (TPSA) is 48.1 Å². The predicted molar refractivity (Wildman–Crippen MR) is 61.8 cm³/mol. The molecular weight excluding hydrogens is 239 g/mol. The van der Waals surface area contributed by atoms with Crippen molar-refractivity contribution < 1.29 is 23.4 Å². The minimum Gasteiger partial charge on any atom is -0.496 e. The van der Waals surface area contributed by atoms with Gasteiger partial charge in [-0.2, -0.15) is 0 Å². The third kappa shape index (κ3) is 2.06. The minimum atomic E-state index is -0.875. The molecule has 1 saturated heterocycles. The third-order valence-electron chi connectivity index (χ3n) is 3.00. The maximum Gasteiger partial charge on any atom is 0.338 e. The second kappa shape index (κ2) is 4.57. The summed E-state index contributed by atoms with van der Waals surface area (Å²) in [5.41, 5.74) is -0.359. The Bertz CT molecular complexity index is 474. The molecule has 4 nitrogen and oxygen atoms in total. The Balaban J connectivity index is 2.28. The van der Waals surface area contributed by atoms with Gasteiger partial charge in [0.05, 0.1) is 13.7 Å². The summed E-state index contributed by atoms with van der Waals surface area (Å²) in [6.07, 6.45) is -0.701. The maximum absolute atomic E-state index is 13.3. The normalized spacial score (nSPS) is 25.7. The number of hydrogen-bond donors (Lipinski definition) is 0. The van der Waals surface area contributed by atoms with E-state index in [1.54, 1.807) is 13.8 Å². The Morgan fingerprint density at radius 1 is 1.56 bits per heavy atom. The number of esters is 1. The molecule has 1 aromatic carbocycles. The number of halogens is 1. The molecule has 5 heteroatoms. The molecule has 1 aliphatic rings. The molecule has 2 unspecified atom stereocenters. The van der Waals surface area contributed by atoms with Gasteiger partial charge in [-0.15, -0.1) is 0 Å². The Hall–Kier alpha value is -1.62. The monoisotopic (exact) mass is 254 g/mol. The zero-order chi connectivity index (χ0) is 13.3. The van der Waals surface area contributed by atoms with Crippen molar-refractivity contribution in [3.05, 3.63) is 29.6 Å². The summed E-state index contributed by atoms with van der Waals surface area (Å²) in [5, 5.41) is 0. The van der Waals surface area contributed by atoms with Gasteiger partial charge in [0.15, 0.2) is 6.10 Å². The van der Waals surface area contributed by atoms with Gasteiger partial charge in [-0.05, 0) is 32.0 Å². The van der Waals surface area contributed by atoms with Gasteiger partial charge < -0.3 is 14.2 Å². The Morgan fingerprint density at radius 3 is 2.89 bits per heavy atom. The van der Waals surface area contributed by atoms with Crippen LogP contribution in [-0.4, -0.2) is 25.8 Å². The Labute approximate surface area is 105 Å². The van der Waals surface area contributed by atoms with Crippen molar-refractivity contribution in [2.45, 2.75) is 25.6 Å². The minimum absolute atomic E-state index is 0.287. The van der Waals surface area contributed by atoms with Crippen LogP contribution in [0.3, 0.4) is 0 Å². The number of ether oxygens (including phenoxy) is 3. The SMILES string of the molecule is CCOC(=O)C1OC1(C)c1cc(F)ccc1OC. The first-order chi connectivity index (χ1) is 8.52. The maximum atomic E-state index is 13.3. The molecule has 0 bridgehead atoms. The second-order valence-electron chi connectivity index (χ2n) is 4.20. The molecular formula is C13H15FO4. The molecule has 0 aromatic heterocycles. The van der Waals surface area contributed by atoms with Crippen LogP contribution in [0.1, 0.15) is 19.4 Å². The highest BCUT2D eigenvalue weighted by Crippen LogP contribution is 2.49. The molecule has 0 N–H and O–H groups in total. The van der Waals surface area contributed by atoms with E-state index in [1.807, 2.05) is 0 Å². The van der Waals surface area contributed by atoms with Crippen LogP contribution >= 0.6 is 0 Å². The van der Waals surface area contributed by atoms with Crippen molar-refractivity contribution in [2.75, 3.05) is 13.7 Å². The number of hydrogen-bond acceptors (Lipinski definition) is 4. The van der Waals surface area contributed by atoms with E-state index < -0.39 is 23.5 Å². The van der Waals surface area contributed by atoms with Crippen LogP contribution in [0.5, 0.6) is 5.75 Å². The average molecular weight is 254 g/mol. The summed E-state index contributed by atoms with van der Waals surface area (Å²) in [5.74, 6) is -0.345. The smallest absolute Gasteiger partial charge is 0.338 e. The van der Waals surface area contributed by atoms with E-state index in [4.69, 9.17) is 14.2 Å². The first-order valence-electron chi connectivity index (χ1n) is 5.71. The fourth-order valence-electron chi connectivity index (χ4n) is 1.97. The van der Waals surface area contributed by atoms with Gasteiger partial charge in [0.1, 0.15) is 17.2 Å². The van der Waals surface area contributed by atoms with Crippen molar-refractivity contribution in [3.8, 4) is 5.75 Å². The number of carbonyl (C=O) groups is 1. The fraction of sp³-hybridized carbons (Fsp3) is 0.462. The molecule has 2 atom stereocenters. The summed E-state index contributed by atoms with van der Waals surface area (Å²) < 4.78 is 28.7. The van der Waals surface area contributed by atoms with Gasteiger partial charge in [-0.25, -0.2) is 9.18 Å². The molecule has 18 heavy (non-hydrogen) atoms. The van der Waals surface area contributed by atoms with Crippen LogP contribution < -0.4 is 4.74 Å². The summed E-state index contributed by atoms with van der Waals surface area (Å²) in [4.78, 5) is 11.6. The van der Waals surface area contributed by atoms with Gasteiger partial charge in [0, 0.05) is 5.56 Å². The molecule has 0 amide bonds. The molecule has 0 radical (unpaired) electrons. The van der Waals surface area contributed by atoms with Crippen LogP contribution in [-0.2, 0) is 19.9 Å². The van der Waals surface area contributed by atoms with Gasteiger partial charge in [-0.3, -0.25) is 0 Å². The van der Waals surface area contributed by atoms with E-state index >= 15 is 0 Å². The molecule has 2 rings (SSSR count). The van der Waals surface area contributed by atoms with Crippen LogP contribution in [0.2, 0.25) is 0 Å². The first-order valence-corrected chi connectivity index (χ1v) is 5.71. The lowest BCUT2D eigenvalue weighted by molar-refractivity contribution is -0.144. The van der Waals surface area contributed by atoms with Crippen LogP contribution in [0.4, 0.5) is 4.39 Å². The molecule has 1 fully saturated rings. The van der Waals surface area contributed by atoms with E-state index in [-0.39, 0.29) is 6.61 Å². The molecule has 1 aromatic rings. The number of rotatable bonds is 4. The zero-order valence-corrected chi connectivity index (χ0v) is 10.5. The molecule has 98 valence electrons. The standard InChI is InChI=1S/C13H15FO4/c1-4-17-12(15)11-13(2,18-11)9-7-8(14)5-6-10(9)16-3/h5-7,11H,4H2,1-3H3. The van der Waals surface area contributed by atoms with Gasteiger partial charge in [0.2, 0.25) is 0 Å². The van der Waals surface area contributed by atoms with E-state index in [9.17, 15) is 9.18 Å². The Morgan fingerprint density at radius 2 is 2.28 bits per heavy atom. The Kier molecular flexibility index (Phi) is 3.26. The van der Waals surface area contributed by atoms with E-state index in [2.05, 4.69) is 0 Å². The molecule has 1 heterocycles. The zero-order valence-electron chi connectivity index (χ0n) is 10.5. The lowest BCUT2D eigenvalue weighted by atomic mass is 9.96. The first kappa shape index (κ1) is 12.8. The van der Waals surface area contributed by atoms with Crippen LogP contribution in [0.15, 0.2) is 18.2 Å². The van der Waals surface area contributed by atoms with Gasteiger partial charge in [0.25, 0.3) is 0 Å². The lowest BCUT2D eigenvalue weighted by Crippen LogP contribution is -2.19. The summed E-state index contributed by atoms with van der Waals surface area (Å²) in [7, 11) is 1.49. The average Bonchev–Trinajstić information content (AvgIpc) is 3.03. The van der Waals surface area contributed by atoms with Crippen molar-refractivity contribution in [1.29, 1.82) is 0 Å². The van der Waals surface area contributed by atoms with Crippen molar-refractivity contribution in [1.82, 2.24) is 0 Å². The number of epoxide rings is 1. The van der Waals surface area contributed by atoms with E-state index in [0.29, 0.717) is 11.3 Å². The number of methoxy groups -OCH3 is 1. The highest BCUT2D eigenvalue weighted by atomic mass is 19.1. The van der Waals surface area contributed by atoms with Crippen molar-refractivity contribution in [3.63, 3.8) is 0 Å². The molecule has 0 saturated carbocycles. The third-order valence-corrected chi connectivity index (χ3v) is 3.00. The fourth-order valence-corrected chi connectivity index (χ4v) is 1.97. The van der Waals surface area contributed by atoms with Gasteiger partial charge >= 0.3 is 5.97 Å². The summed E-state index contributed by atoms with van der Waals surface area (Å²) in [6, 6.07) is 4.13. The van der Waals surface area contributed by atoms with Crippen molar-refractivity contribution in [2.24, 2.45) is 0 Å². The van der Waals surface area contributed by atoms with E-state index in [0.717, 1.165) is 0 Å². The molecule has 1 aliphatic heterocycles. The lowest BCUT2D eigenvalue weighted by Gasteiger charge is -2.12. The highest BCUT2D eigenvalue weighted by molar-refractivity contribution is 5.80. The van der Waals surface area contributed by atoms with Gasteiger partial charge in [-0.1, -0.05) is 0 Å². The largest absolute Gasteiger partial charge is 0.496 e. The summed E-state index contributed by atoms with van der Waals surface area (Å²) >= 11 is 0. The summed E-state index contributed by atoms with van der Waals surface area (Å²) in [6.45, 7) is 3.72. The quantitative estimate of drug-likeness (QED) is 0.609. The van der Waals surface area contributed by atoms with E-state index in [1.165, 1.54) is 25.3 Å². The van der Waals surface area contributed by atoms with Crippen LogP contribution in [0, 0.1) is 5.82 Å². The van der Waals surface area contributed by atoms with Crippen LogP contribution in [0.25, 0.3) is 0 Å². The number of carbonyl (C=O) groups excluding carboxylic acids is 1. The van der Waals surface area contributed by atoms with Crippen molar-refractivity contribution >= 4 is 5.97 Å². The highest BCUT2D eigenvalue weighted by Gasteiger charge is 2.60.